The van der Waals surface area contributed by atoms with Crippen molar-refractivity contribution < 1.29 is 9.59 Å². The fraction of sp³-hybridized carbons (Fsp3) is 0.500. The van der Waals surface area contributed by atoms with Crippen molar-refractivity contribution in [2.24, 2.45) is 10.7 Å². The van der Waals surface area contributed by atoms with E-state index < -0.39 is 5.25 Å². The molecule has 1 aromatic heterocycles. The fourth-order valence-electron chi connectivity index (χ4n) is 3.00. The highest BCUT2D eigenvalue weighted by atomic mass is 32.2. The number of nitrogens with one attached hydrogen (secondary N) is 1. The van der Waals surface area contributed by atoms with E-state index in [2.05, 4.69) is 16.4 Å². The predicted octanol–water partition coefficient (Wildman–Crippen LogP) is 2.56. The number of aliphatic imine (C=N–C) groups is 1. The number of nitrogens with two attached hydrogens (primary N) is 1. The van der Waals surface area contributed by atoms with Crippen LogP contribution in [0, 0.1) is 11.3 Å². The number of fused-ring (bicyclic) bond motifs is 1. The van der Waals surface area contributed by atoms with Gasteiger partial charge in [-0.15, -0.1) is 11.3 Å². The topological polar surface area (TPSA) is 108 Å². The summed E-state index contributed by atoms with van der Waals surface area (Å²) in [5.41, 5.74) is 7.19. The minimum Gasteiger partial charge on any atom is -0.378 e. The SMILES string of the molecule is N#Cc1c(NC(=O)C[C@H]2SC(N)=NC2=O)sc2c1CCCCCC2. The second-order valence-corrected chi connectivity index (χ2v) is 8.21. The number of amides is 2. The van der Waals surface area contributed by atoms with Crippen LogP contribution in [0.1, 0.15) is 48.1 Å². The third-order valence-corrected chi connectivity index (χ3v) is 6.36. The summed E-state index contributed by atoms with van der Waals surface area (Å²) in [6, 6.07) is 2.25. The Kier molecular flexibility index (Phi) is 5.21. The molecule has 0 saturated heterocycles. The fourth-order valence-corrected chi connectivity index (χ4v) is 5.08. The van der Waals surface area contributed by atoms with Crippen molar-refractivity contribution >= 4 is 45.1 Å². The lowest BCUT2D eigenvalue weighted by molar-refractivity contribution is -0.121. The van der Waals surface area contributed by atoms with E-state index in [4.69, 9.17) is 5.73 Å². The summed E-state index contributed by atoms with van der Waals surface area (Å²) < 4.78 is 0. The summed E-state index contributed by atoms with van der Waals surface area (Å²) in [7, 11) is 0. The molecule has 8 heteroatoms. The molecule has 2 aliphatic rings. The Morgan fingerprint density at radius 1 is 1.33 bits per heavy atom. The molecule has 3 N–H and O–H groups in total. The van der Waals surface area contributed by atoms with Crippen LogP contribution in [0.15, 0.2) is 4.99 Å². The van der Waals surface area contributed by atoms with Gasteiger partial charge in [-0.25, -0.2) is 0 Å². The summed E-state index contributed by atoms with van der Waals surface area (Å²) in [5.74, 6) is -0.650. The first-order valence-electron chi connectivity index (χ1n) is 7.97. The van der Waals surface area contributed by atoms with Crippen LogP contribution in [-0.2, 0) is 22.4 Å². The Morgan fingerprint density at radius 2 is 2.08 bits per heavy atom. The number of carbonyl (C=O) groups excluding carboxylic acids is 2. The average Bonchev–Trinajstić information content (AvgIpc) is 2.98. The first-order valence-corrected chi connectivity index (χ1v) is 9.67. The predicted molar refractivity (Wildman–Crippen MR) is 96.2 cm³/mol. The van der Waals surface area contributed by atoms with Crippen LogP contribution in [0.5, 0.6) is 0 Å². The normalized spacial score (nSPS) is 20.5. The molecule has 0 radical (unpaired) electrons. The molecule has 1 aromatic rings. The quantitative estimate of drug-likeness (QED) is 0.859. The van der Waals surface area contributed by atoms with Gasteiger partial charge in [0, 0.05) is 11.3 Å². The van der Waals surface area contributed by atoms with Gasteiger partial charge < -0.3 is 11.1 Å². The van der Waals surface area contributed by atoms with Gasteiger partial charge in [-0.2, -0.15) is 10.3 Å². The van der Waals surface area contributed by atoms with Crippen molar-refractivity contribution in [1.82, 2.24) is 0 Å². The summed E-state index contributed by atoms with van der Waals surface area (Å²) in [5, 5.41) is 12.6. The third kappa shape index (κ3) is 3.62. The maximum absolute atomic E-state index is 12.3. The van der Waals surface area contributed by atoms with Crippen LogP contribution in [0.2, 0.25) is 0 Å². The lowest BCUT2D eigenvalue weighted by Crippen LogP contribution is -2.21. The highest BCUT2D eigenvalue weighted by Gasteiger charge is 2.30. The summed E-state index contributed by atoms with van der Waals surface area (Å²) >= 11 is 2.61. The smallest absolute Gasteiger partial charge is 0.262 e. The van der Waals surface area contributed by atoms with Gasteiger partial charge in [-0.05, 0) is 31.2 Å². The Bertz CT molecular complexity index is 748. The number of thiophene rings is 1. The van der Waals surface area contributed by atoms with Crippen LogP contribution in [0.4, 0.5) is 5.00 Å². The van der Waals surface area contributed by atoms with Crippen molar-refractivity contribution in [2.45, 2.75) is 50.2 Å². The second kappa shape index (κ2) is 7.36. The summed E-state index contributed by atoms with van der Waals surface area (Å²) in [6.07, 6.45) is 6.47. The highest BCUT2D eigenvalue weighted by Crippen LogP contribution is 2.36. The molecule has 6 nitrogen and oxygen atoms in total. The number of aryl methyl sites for hydroxylation is 1. The summed E-state index contributed by atoms with van der Waals surface area (Å²) in [4.78, 5) is 28.7. The van der Waals surface area contributed by atoms with Crippen LogP contribution in [0.3, 0.4) is 0 Å². The number of amidine groups is 1. The van der Waals surface area contributed by atoms with E-state index in [-0.39, 0.29) is 23.4 Å². The first kappa shape index (κ1) is 17.0. The lowest BCUT2D eigenvalue weighted by Gasteiger charge is -2.09. The van der Waals surface area contributed by atoms with Crippen LogP contribution in [-0.4, -0.2) is 22.2 Å². The van der Waals surface area contributed by atoms with Gasteiger partial charge in [0.1, 0.15) is 16.3 Å². The molecular formula is C16H18N4O2S2. The molecule has 0 fully saturated rings. The van der Waals surface area contributed by atoms with Gasteiger partial charge in [0.05, 0.1) is 5.56 Å². The maximum Gasteiger partial charge on any atom is 0.262 e. The van der Waals surface area contributed by atoms with Crippen molar-refractivity contribution in [1.29, 1.82) is 5.26 Å². The zero-order valence-corrected chi connectivity index (χ0v) is 14.8. The van der Waals surface area contributed by atoms with E-state index >= 15 is 0 Å². The van der Waals surface area contributed by atoms with Gasteiger partial charge in [0.15, 0.2) is 5.17 Å². The number of nitriles is 1. The molecule has 126 valence electrons. The van der Waals surface area contributed by atoms with Gasteiger partial charge in [-0.3, -0.25) is 9.59 Å². The second-order valence-electron chi connectivity index (χ2n) is 5.88. The van der Waals surface area contributed by atoms with Gasteiger partial charge in [0.2, 0.25) is 5.91 Å². The van der Waals surface area contributed by atoms with Crippen molar-refractivity contribution in [3.8, 4) is 6.07 Å². The van der Waals surface area contributed by atoms with E-state index in [1.165, 1.54) is 29.1 Å². The standard InChI is InChI=1S/C16H18N4O2S2/c17-8-10-9-5-3-1-2-4-6-11(9)23-15(10)19-13(21)7-12-14(22)20-16(18)24-12/h12H,1-7H2,(H,19,21)(H2,18,20,22)/t12-/m1/s1. The molecule has 0 bridgehead atoms. The molecule has 1 aliphatic carbocycles. The Labute approximate surface area is 148 Å². The maximum atomic E-state index is 12.3. The number of carbonyl (C=O) groups is 2. The molecule has 24 heavy (non-hydrogen) atoms. The lowest BCUT2D eigenvalue weighted by atomic mass is 9.97. The zero-order chi connectivity index (χ0) is 17.1. The van der Waals surface area contributed by atoms with Crippen LogP contribution >= 0.6 is 23.1 Å². The first-order chi connectivity index (χ1) is 11.6. The molecule has 0 aromatic carbocycles. The third-order valence-electron chi connectivity index (χ3n) is 4.17. The number of hydrogen-bond donors (Lipinski definition) is 2. The van der Waals surface area contributed by atoms with E-state index in [0.29, 0.717) is 10.6 Å². The molecular weight excluding hydrogens is 344 g/mol. The van der Waals surface area contributed by atoms with E-state index in [1.54, 1.807) is 0 Å². The highest BCUT2D eigenvalue weighted by molar-refractivity contribution is 8.15. The van der Waals surface area contributed by atoms with Crippen molar-refractivity contribution in [2.75, 3.05) is 5.32 Å². The van der Waals surface area contributed by atoms with Gasteiger partial charge in [-0.1, -0.05) is 24.6 Å². The largest absolute Gasteiger partial charge is 0.378 e. The van der Waals surface area contributed by atoms with E-state index in [0.717, 1.165) is 43.0 Å². The Morgan fingerprint density at radius 3 is 2.75 bits per heavy atom. The van der Waals surface area contributed by atoms with Gasteiger partial charge >= 0.3 is 0 Å². The molecule has 3 rings (SSSR count). The molecule has 2 heterocycles. The minimum absolute atomic E-state index is 0.0150. The van der Waals surface area contributed by atoms with Gasteiger partial charge in [0.25, 0.3) is 5.91 Å². The van der Waals surface area contributed by atoms with E-state index in [1.807, 2.05) is 0 Å². The molecule has 0 saturated carbocycles. The zero-order valence-electron chi connectivity index (χ0n) is 13.1. The number of nitrogens with zero attached hydrogens (tertiary/aromatic N) is 2. The Hall–Kier alpha value is -1.85. The number of thioether (sulfide) groups is 1. The molecule has 0 unspecified atom stereocenters. The summed E-state index contributed by atoms with van der Waals surface area (Å²) in [6.45, 7) is 0. The molecule has 2 amide bonds. The van der Waals surface area contributed by atoms with Crippen LogP contribution < -0.4 is 11.1 Å². The average molecular weight is 362 g/mol. The number of rotatable bonds is 3. The van der Waals surface area contributed by atoms with Crippen molar-refractivity contribution in [3.05, 3.63) is 16.0 Å². The minimum atomic E-state index is -0.559. The van der Waals surface area contributed by atoms with E-state index in [9.17, 15) is 14.9 Å². The van der Waals surface area contributed by atoms with Crippen LogP contribution in [0.25, 0.3) is 0 Å². The number of anilines is 1. The number of hydrogen-bond acceptors (Lipinski definition) is 6. The Balaban J connectivity index is 1.73. The molecule has 1 aliphatic heterocycles. The van der Waals surface area contributed by atoms with Crippen molar-refractivity contribution in [3.63, 3.8) is 0 Å². The monoisotopic (exact) mass is 362 g/mol. The molecule has 0 spiro atoms. The molecule has 1 atom stereocenters.